The molecule has 8 nitrogen and oxygen atoms in total. The fraction of sp³-hybridized carbons (Fsp3) is 0.286. The van der Waals surface area contributed by atoms with Crippen molar-refractivity contribution in [3.63, 3.8) is 0 Å². The zero-order valence-electron chi connectivity index (χ0n) is 12.9. The van der Waals surface area contributed by atoms with Crippen LogP contribution in [0.3, 0.4) is 0 Å². The number of carbonyl (C=O) groups excluding carboxylic acids is 1. The summed E-state index contributed by atoms with van der Waals surface area (Å²) < 4.78 is 12.0. The Labute approximate surface area is 146 Å². The molecule has 0 aliphatic rings. The van der Waals surface area contributed by atoms with E-state index in [4.69, 9.17) is 21.1 Å². The highest BCUT2D eigenvalue weighted by Gasteiger charge is 2.13. The first-order valence-electron chi connectivity index (χ1n) is 6.98. The van der Waals surface area contributed by atoms with Crippen LogP contribution in [0.4, 0.5) is 5.69 Å². The molecule has 0 bridgehead atoms. The first-order valence-corrected chi connectivity index (χ1v) is 8.17. The zero-order chi connectivity index (χ0) is 17.1. The van der Waals surface area contributed by atoms with Crippen LogP contribution in [0, 0.1) is 0 Å². The summed E-state index contributed by atoms with van der Waals surface area (Å²) >= 11 is 7.45. The van der Waals surface area contributed by atoms with Crippen LogP contribution >= 0.6 is 22.9 Å². The van der Waals surface area contributed by atoms with E-state index in [1.165, 1.54) is 31.9 Å². The molecule has 0 spiro atoms. The van der Waals surface area contributed by atoms with E-state index >= 15 is 0 Å². The fourth-order valence-corrected chi connectivity index (χ4v) is 3.14. The minimum absolute atomic E-state index is 0.163. The predicted octanol–water partition coefficient (Wildman–Crippen LogP) is 2.43. The molecule has 0 aliphatic heterocycles. The number of methoxy groups -OCH3 is 2. The van der Waals surface area contributed by atoms with Crippen LogP contribution in [0.2, 0.25) is 5.02 Å². The van der Waals surface area contributed by atoms with E-state index in [9.17, 15) is 4.79 Å². The number of hydrogen-bond donors (Lipinski definition) is 1. The summed E-state index contributed by atoms with van der Waals surface area (Å²) in [4.78, 5) is 12.9. The third-order valence-corrected chi connectivity index (χ3v) is 4.51. The Hall–Kier alpha value is -2.39. The van der Waals surface area contributed by atoms with Crippen LogP contribution in [0.1, 0.15) is 11.4 Å². The normalized spacial score (nSPS) is 10.8. The maximum Gasteiger partial charge on any atom is 0.234 e. The maximum absolute atomic E-state index is 12.2. The number of nitrogens with zero attached hydrogens (tertiary/aromatic N) is 4. The van der Waals surface area contributed by atoms with Gasteiger partial charge >= 0.3 is 0 Å². The molecule has 1 N–H and O–H groups in total. The summed E-state index contributed by atoms with van der Waals surface area (Å²) in [5.74, 6) is 0.762. The average molecular weight is 368 g/mol. The molecule has 1 amide bonds. The molecule has 0 atom stereocenters. The number of amides is 1. The maximum atomic E-state index is 12.2. The Morgan fingerprint density at radius 1 is 1.33 bits per heavy atom. The van der Waals surface area contributed by atoms with Gasteiger partial charge in [0, 0.05) is 25.0 Å². The third kappa shape index (κ3) is 3.41. The van der Waals surface area contributed by atoms with Gasteiger partial charge in [-0.1, -0.05) is 22.9 Å². The van der Waals surface area contributed by atoms with Crippen molar-refractivity contribution in [2.24, 2.45) is 0 Å². The molecule has 10 heteroatoms. The Balaban J connectivity index is 1.66. The van der Waals surface area contributed by atoms with Crippen LogP contribution in [0.25, 0.3) is 4.96 Å². The van der Waals surface area contributed by atoms with E-state index in [0.717, 1.165) is 5.01 Å². The number of benzene rings is 1. The number of aryl methyl sites for hydroxylation is 1. The van der Waals surface area contributed by atoms with Crippen molar-refractivity contribution in [3.8, 4) is 11.5 Å². The van der Waals surface area contributed by atoms with Gasteiger partial charge in [-0.05, 0) is 0 Å². The minimum Gasteiger partial charge on any atom is -0.495 e. The van der Waals surface area contributed by atoms with Gasteiger partial charge in [0.05, 0.1) is 24.9 Å². The van der Waals surface area contributed by atoms with Gasteiger partial charge in [-0.25, -0.2) is 0 Å². The molecule has 0 saturated carbocycles. The zero-order valence-corrected chi connectivity index (χ0v) is 14.5. The van der Waals surface area contributed by atoms with E-state index < -0.39 is 0 Å². The monoisotopic (exact) mass is 367 g/mol. The van der Waals surface area contributed by atoms with Crippen LogP contribution in [0.5, 0.6) is 11.5 Å². The Morgan fingerprint density at radius 2 is 2.12 bits per heavy atom. The van der Waals surface area contributed by atoms with E-state index in [1.54, 1.807) is 16.6 Å². The van der Waals surface area contributed by atoms with Crippen molar-refractivity contribution in [2.75, 3.05) is 19.5 Å². The van der Waals surface area contributed by atoms with Gasteiger partial charge in [0.15, 0.2) is 0 Å². The summed E-state index contributed by atoms with van der Waals surface area (Å²) in [7, 11) is 3.01. The topological polar surface area (TPSA) is 90.6 Å². The lowest BCUT2D eigenvalue weighted by atomic mass is 10.2. The molecule has 0 fully saturated rings. The Kier molecular flexibility index (Phi) is 4.81. The third-order valence-electron chi connectivity index (χ3n) is 3.24. The lowest BCUT2D eigenvalue weighted by molar-refractivity contribution is -0.116. The quantitative estimate of drug-likeness (QED) is 0.719. The highest BCUT2D eigenvalue weighted by Crippen LogP contribution is 2.35. The Morgan fingerprint density at radius 3 is 2.83 bits per heavy atom. The first kappa shape index (κ1) is 16.5. The number of fused-ring (bicyclic) bond motifs is 1. The SMILES string of the molecule is COc1cc(NC(=O)CCc2nn3cnnc3s2)c(OC)cc1Cl. The van der Waals surface area contributed by atoms with Gasteiger partial charge in [-0.2, -0.15) is 9.61 Å². The van der Waals surface area contributed by atoms with Crippen LogP contribution in [-0.2, 0) is 11.2 Å². The molecule has 2 aromatic heterocycles. The van der Waals surface area contributed by atoms with E-state index in [-0.39, 0.29) is 12.3 Å². The highest BCUT2D eigenvalue weighted by atomic mass is 35.5. The second-order valence-electron chi connectivity index (χ2n) is 4.79. The molecule has 0 aliphatic carbocycles. The number of nitrogens with one attached hydrogen (secondary N) is 1. The molecule has 1 aromatic carbocycles. The summed E-state index contributed by atoms with van der Waals surface area (Å²) in [5.41, 5.74) is 0.502. The summed E-state index contributed by atoms with van der Waals surface area (Å²) in [6.07, 6.45) is 2.31. The fourth-order valence-electron chi connectivity index (χ4n) is 2.09. The van der Waals surface area contributed by atoms with Crippen molar-refractivity contribution in [3.05, 3.63) is 28.5 Å². The number of ether oxygens (including phenoxy) is 2. The smallest absolute Gasteiger partial charge is 0.234 e. The molecular weight excluding hydrogens is 354 g/mol. The standard InChI is InChI=1S/C14H14ClN5O3S/c1-22-10-6-9(11(23-2)5-8(10)15)17-12(21)3-4-13-19-20-7-16-18-14(20)24-13/h5-7H,3-4H2,1-2H3,(H,17,21). The number of carbonyl (C=O) groups is 1. The molecule has 3 rings (SSSR count). The minimum atomic E-state index is -0.163. The van der Waals surface area contributed by atoms with Gasteiger partial charge < -0.3 is 14.8 Å². The van der Waals surface area contributed by atoms with Crippen LogP contribution < -0.4 is 14.8 Å². The van der Waals surface area contributed by atoms with Crippen LogP contribution in [0.15, 0.2) is 18.5 Å². The van der Waals surface area contributed by atoms with Crippen LogP contribution in [-0.4, -0.2) is 39.9 Å². The molecule has 2 heterocycles. The number of anilines is 1. The predicted molar refractivity (Wildman–Crippen MR) is 90.2 cm³/mol. The summed E-state index contributed by atoms with van der Waals surface area (Å²) in [6, 6.07) is 3.22. The molecule has 0 radical (unpaired) electrons. The van der Waals surface area contributed by atoms with Crippen molar-refractivity contribution in [1.82, 2.24) is 19.8 Å². The molecule has 24 heavy (non-hydrogen) atoms. The van der Waals surface area contributed by atoms with E-state index in [1.807, 2.05) is 0 Å². The summed E-state index contributed by atoms with van der Waals surface area (Å²) in [5, 5.41) is 16.0. The van der Waals surface area contributed by atoms with Gasteiger partial charge in [-0.3, -0.25) is 4.79 Å². The number of halogens is 1. The number of hydrogen-bond acceptors (Lipinski definition) is 7. The van der Waals surface area contributed by atoms with Crippen molar-refractivity contribution >= 4 is 39.5 Å². The average Bonchev–Trinajstić information content (AvgIpc) is 3.15. The number of aromatic nitrogens is 4. The first-order chi connectivity index (χ1) is 11.6. The van der Waals surface area contributed by atoms with Gasteiger partial charge in [0.25, 0.3) is 0 Å². The van der Waals surface area contributed by atoms with Crippen molar-refractivity contribution < 1.29 is 14.3 Å². The molecule has 126 valence electrons. The van der Waals surface area contributed by atoms with Gasteiger partial charge in [0.1, 0.15) is 22.8 Å². The lowest BCUT2D eigenvalue weighted by Crippen LogP contribution is -2.13. The van der Waals surface area contributed by atoms with Crippen molar-refractivity contribution in [2.45, 2.75) is 12.8 Å². The second-order valence-corrected chi connectivity index (χ2v) is 6.24. The van der Waals surface area contributed by atoms with E-state index in [0.29, 0.717) is 33.6 Å². The lowest BCUT2D eigenvalue weighted by Gasteiger charge is -2.13. The largest absolute Gasteiger partial charge is 0.495 e. The second kappa shape index (κ2) is 7.02. The van der Waals surface area contributed by atoms with Gasteiger partial charge in [-0.15, -0.1) is 10.2 Å². The molecular formula is C14H14ClN5O3S. The van der Waals surface area contributed by atoms with E-state index in [2.05, 4.69) is 20.6 Å². The number of rotatable bonds is 6. The molecule has 0 unspecified atom stereocenters. The Bertz CT molecular complexity index is 850. The molecule has 3 aromatic rings. The van der Waals surface area contributed by atoms with Crippen molar-refractivity contribution in [1.29, 1.82) is 0 Å². The molecule has 0 saturated heterocycles. The highest BCUT2D eigenvalue weighted by molar-refractivity contribution is 7.16. The van der Waals surface area contributed by atoms with Gasteiger partial charge in [0.2, 0.25) is 10.9 Å². The summed E-state index contributed by atoms with van der Waals surface area (Å²) in [6.45, 7) is 0.